The molecule has 1 N–H and O–H groups in total. The van der Waals surface area contributed by atoms with Crippen LogP contribution >= 0.6 is 0 Å². The van der Waals surface area contributed by atoms with E-state index in [0.717, 1.165) is 0 Å². The Morgan fingerprint density at radius 2 is 1.33 bits per heavy atom. The molecule has 24 heavy (non-hydrogen) atoms. The standard InChI is InChI=1S/C17H30O7/c1-9-10(18)11(23-14(19)16(2,3)4)12(13(21-8)22-9)24-15(20)17(5,6)7/h9-13,18H,1-8H3/t9-,10-,11+,12-,13+/m1/s1. The number of aliphatic hydroxyl groups excluding tert-OH is 1. The van der Waals surface area contributed by atoms with Crippen LogP contribution in [0.5, 0.6) is 0 Å². The summed E-state index contributed by atoms with van der Waals surface area (Å²) < 4.78 is 21.7. The molecule has 7 heteroatoms. The maximum atomic E-state index is 12.3. The number of ether oxygens (including phenoxy) is 4. The van der Waals surface area contributed by atoms with Gasteiger partial charge < -0.3 is 24.1 Å². The Balaban J connectivity index is 3.09. The van der Waals surface area contributed by atoms with Crippen LogP contribution in [0.25, 0.3) is 0 Å². The molecule has 0 aromatic heterocycles. The number of rotatable bonds is 3. The van der Waals surface area contributed by atoms with Gasteiger partial charge in [-0.15, -0.1) is 0 Å². The molecule has 140 valence electrons. The maximum absolute atomic E-state index is 12.3. The van der Waals surface area contributed by atoms with Crippen LogP contribution in [0.4, 0.5) is 0 Å². The first-order valence-electron chi connectivity index (χ1n) is 8.07. The zero-order chi connectivity index (χ0) is 18.9. The van der Waals surface area contributed by atoms with E-state index in [1.165, 1.54) is 7.11 Å². The molecule has 1 fully saturated rings. The molecular weight excluding hydrogens is 316 g/mol. The number of carbonyl (C=O) groups excluding carboxylic acids is 2. The molecule has 0 spiro atoms. The van der Waals surface area contributed by atoms with Crippen molar-refractivity contribution in [2.45, 2.75) is 79.2 Å². The number of carbonyl (C=O) groups is 2. The van der Waals surface area contributed by atoms with E-state index in [0.29, 0.717) is 0 Å². The second-order valence-electron chi connectivity index (χ2n) is 8.18. The molecular formula is C17H30O7. The summed E-state index contributed by atoms with van der Waals surface area (Å²) in [6.07, 6.45) is -4.85. The lowest BCUT2D eigenvalue weighted by Crippen LogP contribution is -2.60. The molecule has 0 aromatic carbocycles. The van der Waals surface area contributed by atoms with Crippen molar-refractivity contribution in [1.82, 2.24) is 0 Å². The molecule has 0 amide bonds. The second kappa shape index (κ2) is 7.37. The van der Waals surface area contributed by atoms with Crippen LogP contribution in [-0.2, 0) is 28.5 Å². The average molecular weight is 346 g/mol. The van der Waals surface area contributed by atoms with Gasteiger partial charge in [-0.1, -0.05) is 0 Å². The van der Waals surface area contributed by atoms with Crippen LogP contribution in [0.2, 0.25) is 0 Å². The number of hydrogen-bond donors (Lipinski definition) is 1. The Hall–Kier alpha value is -1.18. The summed E-state index contributed by atoms with van der Waals surface area (Å²) in [7, 11) is 1.40. The number of esters is 2. The lowest BCUT2D eigenvalue weighted by molar-refractivity contribution is -0.295. The summed E-state index contributed by atoms with van der Waals surface area (Å²) in [5.74, 6) is -1.01. The third kappa shape index (κ3) is 4.91. The van der Waals surface area contributed by atoms with Gasteiger partial charge in [0.05, 0.1) is 16.9 Å². The molecule has 0 bridgehead atoms. The monoisotopic (exact) mass is 346 g/mol. The first-order chi connectivity index (χ1) is 10.8. The molecule has 1 rings (SSSR count). The SMILES string of the molecule is CO[C@H]1O[C@H](C)[C@@H](O)[C@H](OC(=O)C(C)(C)C)[C@H]1OC(=O)C(C)(C)C. The minimum atomic E-state index is -1.14. The Kier molecular flexibility index (Phi) is 6.41. The van der Waals surface area contributed by atoms with Gasteiger partial charge >= 0.3 is 11.9 Å². The summed E-state index contributed by atoms with van der Waals surface area (Å²) in [5.41, 5.74) is -1.52. The Morgan fingerprint density at radius 1 is 0.917 bits per heavy atom. The van der Waals surface area contributed by atoms with Crippen LogP contribution in [0.1, 0.15) is 48.5 Å². The summed E-state index contributed by atoms with van der Waals surface area (Å²) in [5, 5.41) is 10.4. The first kappa shape index (κ1) is 20.9. The zero-order valence-corrected chi connectivity index (χ0v) is 15.8. The van der Waals surface area contributed by atoms with E-state index >= 15 is 0 Å². The van der Waals surface area contributed by atoms with E-state index < -0.39 is 53.5 Å². The molecule has 5 atom stereocenters. The van der Waals surface area contributed by atoms with Gasteiger partial charge in [-0.3, -0.25) is 9.59 Å². The fourth-order valence-corrected chi connectivity index (χ4v) is 2.04. The number of methoxy groups -OCH3 is 1. The van der Waals surface area contributed by atoms with E-state index in [-0.39, 0.29) is 0 Å². The molecule has 0 aromatic rings. The van der Waals surface area contributed by atoms with Gasteiger partial charge in [0.1, 0.15) is 6.10 Å². The third-order valence-corrected chi connectivity index (χ3v) is 3.70. The lowest BCUT2D eigenvalue weighted by atomic mass is 9.94. The highest BCUT2D eigenvalue weighted by molar-refractivity contribution is 5.76. The van der Waals surface area contributed by atoms with Gasteiger partial charge in [-0.25, -0.2) is 0 Å². The fourth-order valence-electron chi connectivity index (χ4n) is 2.04. The molecule has 1 aliphatic heterocycles. The zero-order valence-electron chi connectivity index (χ0n) is 15.8. The van der Waals surface area contributed by atoms with E-state index in [9.17, 15) is 14.7 Å². The number of hydrogen-bond acceptors (Lipinski definition) is 7. The first-order valence-corrected chi connectivity index (χ1v) is 8.07. The summed E-state index contributed by atoms with van der Waals surface area (Å²) in [6.45, 7) is 11.9. The normalized spacial score (nSPS) is 31.5. The van der Waals surface area contributed by atoms with Gasteiger partial charge in [0.25, 0.3) is 0 Å². The van der Waals surface area contributed by atoms with Crippen LogP contribution in [0.15, 0.2) is 0 Å². The minimum Gasteiger partial charge on any atom is -0.455 e. The van der Waals surface area contributed by atoms with Crippen LogP contribution in [0, 0.1) is 10.8 Å². The van der Waals surface area contributed by atoms with Crippen molar-refractivity contribution >= 4 is 11.9 Å². The molecule has 0 saturated carbocycles. The molecule has 1 aliphatic rings. The van der Waals surface area contributed by atoms with E-state index in [1.807, 2.05) is 0 Å². The van der Waals surface area contributed by atoms with Gasteiger partial charge in [0.2, 0.25) is 0 Å². The van der Waals surface area contributed by atoms with Gasteiger partial charge in [-0.2, -0.15) is 0 Å². The van der Waals surface area contributed by atoms with Crippen LogP contribution < -0.4 is 0 Å². The Bertz CT molecular complexity index is 433. The predicted molar refractivity (Wildman–Crippen MR) is 86.0 cm³/mol. The highest BCUT2D eigenvalue weighted by Gasteiger charge is 2.50. The number of aliphatic hydroxyl groups is 1. The molecule has 0 radical (unpaired) electrons. The average Bonchev–Trinajstić information content (AvgIpc) is 2.43. The molecule has 7 nitrogen and oxygen atoms in total. The van der Waals surface area contributed by atoms with E-state index in [4.69, 9.17) is 18.9 Å². The van der Waals surface area contributed by atoms with Crippen LogP contribution in [-0.4, -0.2) is 54.9 Å². The molecule has 1 heterocycles. The third-order valence-electron chi connectivity index (χ3n) is 3.70. The fraction of sp³-hybridized carbons (Fsp3) is 0.882. The smallest absolute Gasteiger partial charge is 0.311 e. The minimum absolute atomic E-state index is 0.503. The summed E-state index contributed by atoms with van der Waals surface area (Å²) in [6, 6.07) is 0. The molecule has 1 saturated heterocycles. The lowest BCUT2D eigenvalue weighted by Gasteiger charge is -2.43. The van der Waals surface area contributed by atoms with Crippen molar-refractivity contribution in [1.29, 1.82) is 0 Å². The second-order valence-corrected chi connectivity index (χ2v) is 8.18. The summed E-state index contributed by atoms with van der Waals surface area (Å²) in [4.78, 5) is 24.5. The topological polar surface area (TPSA) is 91.3 Å². The molecule has 0 unspecified atom stereocenters. The van der Waals surface area contributed by atoms with Gasteiger partial charge in [0.15, 0.2) is 18.5 Å². The predicted octanol–water partition coefficient (Wildman–Crippen LogP) is 1.65. The van der Waals surface area contributed by atoms with Crippen molar-refractivity contribution in [3.05, 3.63) is 0 Å². The van der Waals surface area contributed by atoms with Crippen LogP contribution in [0.3, 0.4) is 0 Å². The van der Waals surface area contributed by atoms with E-state index in [1.54, 1.807) is 48.5 Å². The van der Waals surface area contributed by atoms with Gasteiger partial charge in [-0.05, 0) is 48.5 Å². The highest BCUT2D eigenvalue weighted by Crippen LogP contribution is 2.30. The van der Waals surface area contributed by atoms with Gasteiger partial charge in [0, 0.05) is 7.11 Å². The van der Waals surface area contributed by atoms with Crippen molar-refractivity contribution in [3.63, 3.8) is 0 Å². The van der Waals surface area contributed by atoms with Crippen molar-refractivity contribution in [2.24, 2.45) is 10.8 Å². The highest BCUT2D eigenvalue weighted by atomic mass is 16.7. The van der Waals surface area contributed by atoms with Crippen molar-refractivity contribution < 1.29 is 33.6 Å². The largest absolute Gasteiger partial charge is 0.455 e. The van der Waals surface area contributed by atoms with Crippen molar-refractivity contribution in [3.8, 4) is 0 Å². The molecule has 0 aliphatic carbocycles. The maximum Gasteiger partial charge on any atom is 0.311 e. The summed E-state index contributed by atoms with van der Waals surface area (Å²) >= 11 is 0. The van der Waals surface area contributed by atoms with E-state index in [2.05, 4.69) is 0 Å². The van der Waals surface area contributed by atoms with Crippen molar-refractivity contribution in [2.75, 3.05) is 7.11 Å². The quantitative estimate of drug-likeness (QED) is 0.777. The Labute approximate surface area is 143 Å². The Morgan fingerprint density at radius 3 is 1.71 bits per heavy atom.